The highest BCUT2D eigenvalue weighted by atomic mass is 19.1. The van der Waals surface area contributed by atoms with Gasteiger partial charge in [-0.15, -0.1) is 5.10 Å². The molecule has 0 aliphatic carbocycles. The largest absolute Gasteiger partial charge is 0.461 e. The molecule has 0 saturated heterocycles. The van der Waals surface area contributed by atoms with Crippen LogP contribution in [0.4, 0.5) is 4.39 Å². The molecular weight excluding hydrogens is 227 g/mol. The smallest absolute Gasteiger partial charge is 0.358 e. The van der Waals surface area contributed by atoms with E-state index in [1.807, 2.05) is 0 Å². The van der Waals surface area contributed by atoms with E-state index in [0.717, 1.165) is 0 Å². The SMILES string of the molecule is CCOC(=O)c1c(C)nnn1C(NC)[C@@H](C)F. The normalized spacial score (nSPS) is 14.4. The summed E-state index contributed by atoms with van der Waals surface area (Å²) >= 11 is 0. The first-order valence-electron chi connectivity index (χ1n) is 5.43. The molecule has 1 aromatic rings. The predicted molar refractivity (Wildman–Crippen MR) is 59.4 cm³/mol. The fourth-order valence-corrected chi connectivity index (χ4v) is 1.56. The van der Waals surface area contributed by atoms with Gasteiger partial charge in [0.25, 0.3) is 0 Å². The maximum atomic E-state index is 13.4. The maximum Gasteiger partial charge on any atom is 0.358 e. The molecule has 0 aromatic carbocycles. The zero-order chi connectivity index (χ0) is 13.0. The molecule has 0 aliphatic heterocycles. The van der Waals surface area contributed by atoms with Gasteiger partial charge in [0, 0.05) is 0 Å². The second-order valence-electron chi connectivity index (χ2n) is 3.60. The van der Waals surface area contributed by atoms with E-state index in [0.29, 0.717) is 5.69 Å². The number of nitrogens with one attached hydrogen (secondary N) is 1. The Balaban J connectivity index is 3.12. The summed E-state index contributed by atoms with van der Waals surface area (Å²) in [5, 5.41) is 10.3. The molecule has 17 heavy (non-hydrogen) atoms. The van der Waals surface area contributed by atoms with Gasteiger partial charge in [-0.05, 0) is 27.8 Å². The van der Waals surface area contributed by atoms with Crippen LogP contribution in [0.15, 0.2) is 0 Å². The third kappa shape index (κ3) is 2.79. The summed E-state index contributed by atoms with van der Waals surface area (Å²) in [4.78, 5) is 11.7. The van der Waals surface area contributed by atoms with Crippen molar-refractivity contribution in [1.82, 2.24) is 20.3 Å². The van der Waals surface area contributed by atoms with Gasteiger partial charge in [0.2, 0.25) is 0 Å². The zero-order valence-corrected chi connectivity index (χ0v) is 10.4. The van der Waals surface area contributed by atoms with Crippen molar-refractivity contribution < 1.29 is 13.9 Å². The van der Waals surface area contributed by atoms with Crippen LogP contribution < -0.4 is 5.32 Å². The maximum absolute atomic E-state index is 13.4. The molecule has 96 valence electrons. The van der Waals surface area contributed by atoms with Crippen LogP contribution in [0.5, 0.6) is 0 Å². The lowest BCUT2D eigenvalue weighted by Gasteiger charge is -2.19. The molecule has 0 radical (unpaired) electrons. The average molecular weight is 244 g/mol. The number of alkyl halides is 1. The van der Waals surface area contributed by atoms with E-state index in [-0.39, 0.29) is 12.3 Å². The number of hydrogen-bond acceptors (Lipinski definition) is 5. The van der Waals surface area contributed by atoms with E-state index >= 15 is 0 Å². The van der Waals surface area contributed by atoms with Crippen molar-refractivity contribution in [3.63, 3.8) is 0 Å². The number of esters is 1. The fourth-order valence-electron chi connectivity index (χ4n) is 1.56. The second-order valence-corrected chi connectivity index (χ2v) is 3.60. The highest BCUT2D eigenvalue weighted by Crippen LogP contribution is 2.15. The van der Waals surface area contributed by atoms with Crippen molar-refractivity contribution in [1.29, 1.82) is 0 Å². The van der Waals surface area contributed by atoms with Gasteiger partial charge in [-0.2, -0.15) is 0 Å². The van der Waals surface area contributed by atoms with E-state index in [2.05, 4.69) is 15.6 Å². The molecule has 6 nitrogen and oxygen atoms in total. The summed E-state index contributed by atoms with van der Waals surface area (Å²) in [6, 6.07) is 0. The number of rotatable bonds is 5. The summed E-state index contributed by atoms with van der Waals surface area (Å²) in [7, 11) is 1.59. The molecule has 0 fully saturated rings. The van der Waals surface area contributed by atoms with Crippen molar-refractivity contribution in [2.45, 2.75) is 33.1 Å². The lowest BCUT2D eigenvalue weighted by atomic mass is 10.3. The van der Waals surface area contributed by atoms with Crippen LogP contribution >= 0.6 is 0 Å². The number of nitrogens with zero attached hydrogens (tertiary/aromatic N) is 3. The van der Waals surface area contributed by atoms with E-state index < -0.39 is 18.3 Å². The Morgan fingerprint density at radius 3 is 2.76 bits per heavy atom. The van der Waals surface area contributed by atoms with Crippen molar-refractivity contribution in [2.24, 2.45) is 0 Å². The van der Waals surface area contributed by atoms with Gasteiger partial charge in [-0.25, -0.2) is 13.9 Å². The standard InChI is InChI=1S/C10H17FN4O2/c1-5-17-10(16)8-7(3)13-14-15(8)9(12-4)6(2)11/h6,9,12H,5H2,1-4H3/t6-,9?/m1/s1. The lowest BCUT2D eigenvalue weighted by molar-refractivity contribution is 0.0501. The van der Waals surface area contributed by atoms with Crippen molar-refractivity contribution in [2.75, 3.05) is 13.7 Å². The quantitative estimate of drug-likeness (QED) is 0.777. The Morgan fingerprint density at radius 2 is 2.29 bits per heavy atom. The van der Waals surface area contributed by atoms with Gasteiger partial charge < -0.3 is 4.74 Å². The van der Waals surface area contributed by atoms with Gasteiger partial charge in [-0.1, -0.05) is 5.21 Å². The summed E-state index contributed by atoms with van der Waals surface area (Å²) < 4.78 is 19.5. The Kier molecular flexibility index (Phi) is 4.56. The first kappa shape index (κ1) is 13.6. The molecule has 1 rings (SSSR count). The Morgan fingerprint density at radius 1 is 1.65 bits per heavy atom. The molecule has 0 aliphatic rings. The summed E-state index contributed by atoms with van der Waals surface area (Å²) in [5.74, 6) is -0.545. The van der Waals surface area contributed by atoms with E-state index in [4.69, 9.17) is 4.74 Å². The number of ether oxygens (including phenoxy) is 1. The van der Waals surface area contributed by atoms with Crippen LogP contribution in [-0.4, -0.2) is 40.8 Å². The molecule has 1 unspecified atom stereocenters. The molecule has 0 amide bonds. The van der Waals surface area contributed by atoms with Crippen LogP contribution in [0.1, 0.15) is 36.2 Å². The van der Waals surface area contributed by atoms with Gasteiger partial charge >= 0.3 is 5.97 Å². The highest BCUT2D eigenvalue weighted by Gasteiger charge is 2.26. The number of halogens is 1. The Hall–Kier alpha value is -1.50. The fraction of sp³-hybridized carbons (Fsp3) is 0.700. The van der Waals surface area contributed by atoms with Crippen LogP contribution in [0.25, 0.3) is 0 Å². The first-order valence-corrected chi connectivity index (χ1v) is 5.43. The second kappa shape index (κ2) is 5.72. The van der Waals surface area contributed by atoms with Crippen LogP contribution in [0, 0.1) is 6.92 Å². The van der Waals surface area contributed by atoms with Gasteiger partial charge in [-0.3, -0.25) is 5.32 Å². The Labute approximate surface area is 99.1 Å². The molecule has 1 aromatic heterocycles. The molecule has 0 spiro atoms. The van der Waals surface area contributed by atoms with E-state index in [1.54, 1.807) is 20.9 Å². The summed E-state index contributed by atoms with van der Waals surface area (Å²) in [5.41, 5.74) is 0.597. The monoisotopic (exact) mass is 244 g/mol. The predicted octanol–water partition coefficient (Wildman–Crippen LogP) is 0.839. The third-order valence-electron chi connectivity index (χ3n) is 2.33. The molecule has 1 N–H and O–H groups in total. The van der Waals surface area contributed by atoms with E-state index in [9.17, 15) is 9.18 Å². The third-order valence-corrected chi connectivity index (χ3v) is 2.33. The molecule has 0 bridgehead atoms. The molecule has 2 atom stereocenters. The summed E-state index contributed by atoms with van der Waals surface area (Å²) in [6.07, 6.45) is -1.95. The van der Waals surface area contributed by atoms with Crippen LogP contribution in [-0.2, 0) is 4.74 Å². The van der Waals surface area contributed by atoms with Crippen molar-refractivity contribution in [3.8, 4) is 0 Å². The molecule has 7 heteroatoms. The number of carbonyl (C=O) groups excluding carboxylic acids is 1. The van der Waals surface area contributed by atoms with Crippen LogP contribution in [0.2, 0.25) is 0 Å². The van der Waals surface area contributed by atoms with E-state index in [1.165, 1.54) is 11.6 Å². The minimum absolute atomic E-state index is 0.177. The van der Waals surface area contributed by atoms with Crippen molar-refractivity contribution >= 4 is 5.97 Å². The lowest BCUT2D eigenvalue weighted by Crippen LogP contribution is -2.33. The minimum Gasteiger partial charge on any atom is -0.461 e. The van der Waals surface area contributed by atoms with Crippen LogP contribution in [0.3, 0.4) is 0 Å². The molecule has 0 saturated carbocycles. The highest BCUT2D eigenvalue weighted by molar-refractivity contribution is 5.88. The molecular formula is C10H17FN4O2. The number of carbonyl (C=O) groups is 1. The summed E-state index contributed by atoms with van der Waals surface area (Å²) in [6.45, 7) is 4.96. The number of aromatic nitrogens is 3. The number of aryl methyl sites for hydroxylation is 1. The first-order chi connectivity index (χ1) is 8.02. The average Bonchev–Trinajstić information content (AvgIpc) is 2.61. The Bertz CT molecular complexity index is 392. The minimum atomic E-state index is -1.21. The van der Waals surface area contributed by atoms with Crippen molar-refractivity contribution in [3.05, 3.63) is 11.4 Å². The van der Waals surface area contributed by atoms with Gasteiger partial charge in [0.15, 0.2) is 5.69 Å². The topological polar surface area (TPSA) is 69.0 Å². The number of hydrogen-bond donors (Lipinski definition) is 1. The van der Waals surface area contributed by atoms with Gasteiger partial charge in [0.1, 0.15) is 12.3 Å². The molecule has 1 heterocycles. The van der Waals surface area contributed by atoms with Gasteiger partial charge in [0.05, 0.1) is 12.3 Å². The zero-order valence-electron chi connectivity index (χ0n) is 10.4.